The van der Waals surface area contributed by atoms with Crippen LogP contribution in [0.3, 0.4) is 0 Å². The molecule has 4 heteroatoms. The number of amides is 2. The van der Waals surface area contributed by atoms with Gasteiger partial charge in [-0.05, 0) is 19.3 Å². The Morgan fingerprint density at radius 3 is 2.43 bits per heavy atom. The van der Waals surface area contributed by atoms with Gasteiger partial charge in [-0.1, -0.05) is 0 Å². The molecule has 0 aromatic carbocycles. The van der Waals surface area contributed by atoms with Crippen LogP contribution in [-0.4, -0.2) is 36.0 Å². The Morgan fingerprint density at radius 2 is 1.86 bits per heavy atom. The first-order valence-corrected chi connectivity index (χ1v) is 5.22. The van der Waals surface area contributed by atoms with E-state index in [9.17, 15) is 9.59 Å². The van der Waals surface area contributed by atoms with Gasteiger partial charge in [0.2, 0.25) is 11.8 Å². The van der Waals surface area contributed by atoms with E-state index in [0.29, 0.717) is 25.5 Å². The molecule has 14 heavy (non-hydrogen) atoms. The Bertz CT molecular complexity index is 232. The highest BCUT2D eigenvalue weighted by molar-refractivity contribution is 6.01. The lowest BCUT2D eigenvalue weighted by molar-refractivity contribution is -0.138. The van der Waals surface area contributed by atoms with Gasteiger partial charge < -0.3 is 4.74 Å². The molecule has 0 saturated carbocycles. The van der Waals surface area contributed by atoms with Crippen molar-refractivity contribution in [1.82, 2.24) is 4.90 Å². The largest absolute Gasteiger partial charge is 0.373 e. The molecule has 0 bridgehead atoms. The molecule has 2 heterocycles. The monoisotopic (exact) mass is 197 g/mol. The number of unbranched alkanes of at least 4 members (excludes halogenated alkanes) is 1. The maximum absolute atomic E-state index is 11.2. The van der Waals surface area contributed by atoms with Crippen molar-refractivity contribution >= 4 is 11.8 Å². The van der Waals surface area contributed by atoms with Gasteiger partial charge in [0.25, 0.3) is 0 Å². The highest BCUT2D eigenvalue weighted by Gasteiger charge is 2.28. The van der Waals surface area contributed by atoms with Crippen LogP contribution in [0.25, 0.3) is 0 Å². The van der Waals surface area contributed by atoms with Crippen LogP contribution < -0.4 is 0 Å². The first kappa shape index (κ1) is 9.65. The number of hydrogen-bond acceptors (Lipinski definition) is 3. The number of likely N-dealkylation sites (tertiary alicyclic amines) is 1. The summed E-state index contributed by atoms with van der Waals surface area (Å²) in [5.41, 5.74) is 0. The zero-order valence-corrected chi connectivity index (χ0v) is 8.20. The smallest absolute Gasteiger partial charge is 0.229 e. The maximum Gasteiger partial charge on any atom is 0.229 e. The summed E-state index contributed by atoms with van der Waals surface area (Å²) in [7, 11) is 0. The number of carbonyl (C=O) groups excluding carboxylic acids is 2. The molecule has 0 spiro atoms. The zero-order valence-electron chi connectivity index (χ0n) is 8.20. The average Bonchev–Trinajstić information content (AvgIpc) is 2.93. The Morgan fingerprint density at radius 1 is 1.21 bits per heavy atom. The van der Waals surface area contributed by atoms with Gasteiger partial charge in [0, 0.05) is 19.4 Å². The minimum atomic E-state index is -0.00216. The third-order valence-electron chi connectivity index (χ3n) is 2.72. The minimum absolute atomic E-state index is 0.00216. The third-order valence-corrected chi connectivity index (χ3v) is 2.72. The first-order valence-electron chi connectivity index (χ1n) is 5.22. The summed E-state index contributed by atoms with van der Waals surface area (Å²) < 4.78 is 5.08. The number of rotatable bonds is 5. The lowest BCUT2D eigenvalue weighted by atomic mass is 10.2. The minimum Gasteiger partial charge on any atom is -0.373 e. The molecule has 2 saturated heterocycles. The van der Waals surface area contributed by atoms with Crippen molar-refractivity contribution in [1.29, 1.82) is 0 Å². The summed E-state index contributed by atoms with van der Waals surface area (Å²) >= 11 is 0. The third kappa shape index (κ3) is 2.32. The number of hydrogen-bond donors (Lipinski definition) is 0. The highest BCUT2D eigenvalue weighted by Crippen LogP contribution is 2.18. The van der Waals surface area contributed by atoms with Gasteiger partial charge in [0.1, 0.15) is 0 Å². The van der Waals surface area contributed by atoms with E-state index < -0.39 is 0 Å². The second-order valence-corrected chi connectivity index (χ2v) is 3.89. The SMILES string of the molecule is O=C1CCC(=O)N1CCCCC1CO1. The van der Waals surface area contributed by atoms with Crippen LogP contribution in [0.5, 0.6) is 0 Å². The van der Waals surface area contributed by atoms with E-state index >= 15 is 0 Å². The summed E-state index contributed by atoms with van der Waals surface area (Å²) in [5.74, 6) is -0.00431. The standard InChI is InChI=1S/C10H15NO3/c12-9-4-5-10(13)11(9)6-2-1-3-8-7-14-8/h8H,1-7H2. The summed E-state index contributed by atoms with van der Waals surface area (Å²) in [6.45, 7) is 1.49. The fraction of sp³-hybridized carbons (Fsp3) is 0.800. The van der Waals surface area contributed by atoms with Gasteiger partial charge in [-0.25, -0.2) is 0 Å². The molecule has 0 aromatic heterocycles. The number of imide groups is 1. The van der Waals surface area contributed by atoms with Crippen molar-refractivity contribution in [2.75, 3.05) is 13.2 Å². The van der Waals surface area contributed by atoms with Crippen LogP contribution in [0.4, 0.5) is 0 Å². The van der Waals surface area contributed by atoms with Crippen LogP contribution in [-0.2, 0) is 14.3 Å². The molecule has 1 unspecified atom stereocenters. The van der Waals surface area contributed by atoms with Gasteiger partial charge >= 0.3 is 0 Å². The normalized spacial score (nSPS) is 26.0. The average molecular weight is 197 g/mol. The second kappa shape index (κ2) is 4.09. The van der Waals surface area contributed by atoms with Crippen LogP contribution in [0.1, 0.15) is 32.1 Å². The lowest BCUT2D eigenvalue weighted by Gasteiger charge is -2.12. The molecular formula is C10H15NO3. The van der Waals surface area contributed by atoms with Crippen molar-refractivity contribution in [2.24, 2.45) is 0 Å². The van der Waals surface area contributed by atoms with Gasteiger partial charge in [0.05, 0.1) is 12.7 Å². The van der Waals surface area contributed by atoms with Gasteiger partial charge in [0.15, 0.2) is 0 Å². The molecule has 2 aliphatic rings. The molecule has 2 fully saturated rings. The Hall–Kier alpha value is -0.900. The van der Waals surface area contributed by atoms with Crippen molar-refractivity contribution < 1.29 is 14.3 Å². The van der Waals surface area contributed by atoms with Crippen molar-refractivity contribution in [3.05, 3.63) is 0 Å². The number of carbonyl (C=O) groups is 2. The molecule has 0 radical (unpaired) electrons. The molecule has 2 amide bonds. The predicted molar refractivity (Wildman–Crippen MR) is 49.5 cm³/mol. The maximum atomic E-state index is 11.2. The number of ether oxygens (including phenoxy) is 1. The quantitative estimate of drug-likeness (QED) is 0.370. The predicted octanol–water partition coefficient (Wildman–Crippen LogP) is 0.705. The lowest BCUT2D eigenvalue weighted by Crippen LogP contribution is -2.29. The summed E-state index contributed by atoms with van der Waals surface area (Å²) in [4.78, 5) is 23.8. The van der Waals surface area contributed by atoms with Gasteiger partial charge in [-0.3, -0.25) is 14.5 Å². The van der Waals surface area contributed by atoms with Crippen molar-refractivity contribution in [2.45, 2.75) is 38.2 Å². The molecule has 0 N–H and O–H groups in total. The van der Waals surface area contributed by atoms with Crippen LogP contribution in [0, 0.1) is 0 Å². The van der Waals surface area contributed by atoms with Crippen LogP contribution in [0.15, 0.2) is 0 Å². The van der Waals surface area contributed by atoms with Crippen molar-refractivity contribution in [3.8, 4) is 0 Å². The topological polar surface area (TPSA) is 49.9 Å². The zero-order chi connectivity index (χ0) is 9.97. The summed E-state index contributed by atoms with van der Waals surface area (Å²) in [6, 6.07) is 0. The molecule has 78 valence electrons. The molecule has 1 atom stereocenters. The molecule has 4 nitrogen and oxygen atoms in total. The number of nitrogens with zero attached hydrogens (tertiary/aromatic N) is 1. The van der Waals surface area contributed by atoms with E-state index in [-0.39, 0.29) is 11.8 Å². The molecule has 0 aromatic rings. The number of epoxide rings is 1. The van der Waals surface area contributed by atoms with E-state index in [2.05, 4.69) is 0 Å². The summed E-state index contributed by atoms with van der Waals surface area (Å²) in [6.07, 6.45) is 4.30. The van der Waals surface area contributed by atoms with Crippen LogP contribution in [0.2, 0.25) is 0 Å². The van der Waals surface area contributed by atoms with Crippen molar-refractivity contribution in [3.63, 3.8) is 0 Å². The Kier molecular flexibility index (Phi) is 2.82. The fourth-order valence-corrected chi connectivity index (χ4v) is 1.75. The van der Waals surface area contributed by atoms with E-state index in [4.69, 9.17) is 4.74 Å². The molecule has 2 aliphatic heterocycles. The van der Waals surface area contributed by atoms with E-state index in [1.807, 2.05) is 0 Å². The van der Waals surface area contributed by atoms with Gasteiger partial charge in [-0.15, -0.1) is 0 Å². The van der Waals surface area contributed by atoms with E-state index in [1.165, 1.54) is 4.90 Å². The molecular weight excluding hydrogens is 182 g/mol. The molecule has 0 aliphatic carbocycles. The molecule has 2 rings (SSSR count). The van der Waals surface area contributed by atoms with E-state index in [0.717, 1.165) is 25.9 Å². The second-order valence-electron chi connectivity index (χ2n) is 3.89. The van der Waals surface area contributed by atoms with E-state index in [1.54, 1.807) is 0 Å². The highest BCUT2D eigenvalue weighted by atomic mass is 16.6. The van der Waals surface area contributed by atoms with Crippen LogP contribution >= 0.6 is 0 Å². The van der Waals surface area contributed by atoms with Gasteiger partial charge in [-0.2, -0.15) is 0 Å². The Balaban J connectivity index is 1.63. The first-order chi connectivity index (χ1) is 6.77. The summed E-state index contributed by atoms with van der Waals surface area (Å²) in [5, 5.41) is 0. The fourth-order valence-electron chi connectivity index (χ4n) is 1.75. The Labute approximate surface area is 83.2 Å².